The van der Waals surface area contributed by atoms with Crippen LogP contribution in [0.25, 0.3) is 0 Å². The van der Waals surface area contributed by atoms with E-state index in [0.29, 0.717) is 22.4 Å². The van der Waals surface area contributed by atoms with Gasteiger partial charge < -0.3 is 29.6 Å². The third-order valence-corrected chi connectivity index (χ3v) is 12.8. The summed E-state index contributed by atoms with van der Waals surface area (Å²) in [5, 5.41) is 10.2. The normalized spacial score (nSPS) is 20.7. The van der Waals surface area contributed by atoms with Crippen LogP contribution in [-0.4, -0.2) is 60.0 Å². The molecule has 0 saturated heterocycles. The van der Waals surface area contributed by atoms with Crippen LogP contribution in [0.4, 0.5) is 0 Å². The van der Waals surface area contributed by atoms with Gasteiger partial charge in [-0.3, -0.25) is 14.4 Å². The molecule has 40 heavy (non-hydrogen) atoms. The fraction of sp³-hybridized carbons (Fsp3) is 0.700. The van der Waals surface area contributed by atoms with E-state index < -0.39 is 31.8 Å². The predicted octanol–water partition coefficient (Wildman–Crippen LogP) is 4.82. The van der Waals surface area contributed by atoms with Crippen molar-refractivity contribution in [3.8, 4) is 5.75 Å². The number of rotatable bonds is 10. The first-order valence-electron chi connectivity index (χ1n) is 14.4. The van der Waals surface area contributed by atoms with Crippen molar-refractivity contribution < 1.29 is 33.4 Å². The molecule has 10 heteroatoms. The number of nitrogens with zero attached hydrogens (tertiary/aromatic N) is 1. The Morgan fingerprint density at radius 3 is 2.20 bits per heavy atom. The van der Waals surface area contributed by atoms with Crippen molar-refractivity contribution in [2.24, 2.45) is 5.73 Å². The molecule has 1 heterocycles. The van der Waals surface area contributed by atoms with Crippen LogP contribution in [0.15, 0.2) is 12.1 Å². The molecule has 1 aliphatic heterocycles. The highest BCUT2D eigenvalue weighted by Crippen LogP contribution is 2.41. The quantitative estimate of drug-likeness (QED) is 0.302. The number of benzene rings is 1. The van der Waals surface area contributed by atoms with E-state index in [4.69, 9.17) is 19.6 Å². The molecular weight excluding hydrogens is 528 g/mol. The third kappa shape index (κ3) is 7.64. The Morgan fingerprint density at radius 1 is 1.07 bits per heavy atom. The molecule has 1 aromatic carbocycles. The summed E-state index contributed by atoms with van der Waals surface area (Å²) in [7, 11) is -1.87. The van der Waals surface area contributed by atoms with Crippen LogP contribution >= 0.6 is 0 Å². The molecular formula is C30H48N2O7Si. The van der Waals surface area contributed by atoms with Gasteiger partial charge in [-0.25, -0.2) is 0 Å². The van der Waals surface area contributed by atoms with Gasteiger partial charge >= 0.3 is 5.97 Å². The van der Waals surface area contributed by atoms with E-state index in [9.17, 15) is 19.5 Å². The van der Waals surface area contributed by atoms with E-state index in [-0.39, 0.29) is 49.1 Å². The Hall–Kier alpha value is -2.43. The number of hydrogen-bond acceptors (Lipinski definition) is 7. The summed E-state index contributed by atoms with van der Waals surface area (Å²) in [6, 6.07) is 2.57. The molecule has 3 N–H and O–H groups in total. The van der Waals surface area contributed by atoms with Gasteiger partial charge in [-0.05, 0) is 76.6 Å². The highest BCUT2D eigenvalue weighted by Gasteiger charge is 2.41. The molecule has 0 radical (unpaired) electrons. The zero-order valence-corrected chi connectivity index (χ0v) is 26.5. The molecule has 0 bridgehead atoms. The van der Waals surface area contributed by atoms with Crippen LogP contribution in [0.1, 0.15) is 102 Å². The summed E-state index contributed by atoms with van der Waals surface area (Å²) in [6.45, 7) is 16.4. The zero-order valence-electron chi connectivity index (χ0n) is 25.5. The van der Waals surface area contributed by atoms with E-state index in [2.05, 4.69) is 33.9 Å². The van der Waals surface area contributed by atoms with E-state index in [1.807, 2.05) is 0 Å². The summed E-state index contributed by atoms with van der Waals surface area (Å²) in [5.74, 6) is -1.16. The summed E-state index contributed by atoms with van der Waals surface area (Å²) in [4.78, 5) is 39.7. The van der Waals surface area contributed by atoms with Crippen LogP contribution in [0.5, 0.6) is 5.75 Å². The topological polar surface area (TPSA) is 128 Å². The maximum Gasteiger partial charge on any atom is 0.306 e. The van der Waals surface area contributed by atoms with Gasteiger partial charge in [0, 0.05) is 24.6 Å². The van der Waals surface area contributed by atoms with Crippen molar-refractivity contribution >= 4 is 26.1 Å². The van der Waals surface area contributed by atoms with Gasteiger partial charge in [0.05, 0.1) is 18.3 Å². The van der Waals surface area contributed by atoms with E-state index in [0.717, 1.165) is 25.7 Å². The van der Waals surface area contributed by atoms with Crippen LogP contribution in [0, 0.1) is 0 Å². The molecule has 1 aliphatic carbocycles. The number of carbonyl (C=O) groups is 3. The maximum atomic E-state index is 13.7. The van der Waals surface area contributed by atoms with Crippen molar-refractivity contribution in [2.75, 3.05) is 0 Å². The van der Waals surface area contributed by atoms with Crippen molar-refractivity contribution in [1.82, 2.24) is 4.90 Å². The second-order valence-corrected chi connectivity index (χ2v) is 18.4. The average molecular weight is 577 g/mol. The monoisotopic (exact) mass is 576 g/mol. The highest BCUT2D eigenvalue weighted by molar-refractivity contribution is 6.74. The van der Waals surface area contributed by atoms with E-state index in [1.165, 1.54) is 4.90 Å². The highest BCUT2D eigenvalue weighted by atomic mass is 28.4. The molecule has 0 aromatic heterocycles. The number of aliphatic hydroxyl groups excluding tert-OH is 1. The van der Waals surface area contributed by atoms with Crippen LogP contribution in [0.3, 0.4) is 0 Å². The molecule has 224 valence electrons. The lowest BCUT2D eigenvalue weighted by molar-refractivity contribution is -0.155. The summed E-state index contributed by atoms with van der Waals surface area (Å²) in [5.41, 5.74) is 6.62. The number of amides is 2. The largest absolute Gasteiger partial charge is 0.489 e. The molecule has 9 nitrogen and oxygen atoms in total. The molecule has 1 fully saturated rings. The van der Waals surface area contributed by atoms with Gasteiger partial charge in [-0.15, -0.1) is 0 Å². The number of nitrogens with two attached hydrogens (primary N) is 1. The van der Waals surface area contributed by atoms with Crippen molar-refractivity contribution in [3.05, 3.63) is 28.8 Å². The Bertz CT molecular complexity index is 1100. The van der Waals surface area contributed by atoms with Gasteiger partial charge in [-0.1, -0.05) is 32.9 Å². The lowest BCUT2D eigenvalue weighted by atomic mass is 9.95. The Kier molecular flexibility index (Phi) is 9.79. The van der Waals surface area contributed by atoms with Crippen LogP contribution < -0.4 is 10.5 Å². The zero-order chi connectivity index (χ0) is 30.0. The average Bonchev–Trinajstić information content (AvgIpc) is 3.14. The van der Waals surface area contributed by atoms with Gasteiger partial charge in [0.25, 0.3) is 5.91 Å². The van der Waals surface area contributed by atoms with Gasteiger partial charge in [0.2, 0.25) is 5.91 Å². The number of primary amides is 1. The van der Waals surface area contributed by atoms with Crippen molar-refractivity contribution in [1.29, 1.82) is 0 Å². The number of aliphatic hydroxyl groups is 1. The minimum absolute atomic E-state index is 0.0452. The molecule has 1 unspecified atom stereocenters. The van der Waals surface area contributed by atoms with E-state index in [1.54, 1.807) is 32.9 Å². The van der Waals surface area contributed by atoms with Crippen LogP contribution in [-0.2, 0) is 31.9 Å². The van der Waals surface area contributed by atoms with Gasteiger partial charge in [0.1, 0.15) is 17.4 Å². The second-order valence-electron chi connectivity index (χ2n) is 13.6. The van der Waals surface area contributed by atoms with Gasteiger partial charge in [0.15, 0.2) is 8.32 Å². The number of fused-ring (bicyclic) bond motifs is 1. The minimum Gasteiger partial charge on any atom is -0.489 e. The lowest BCUT2D eigenvalue weighted by Crippen LogP contribution is -2.45. The Morgan fingerprint density at radius 2 is 1.68 bits per heavy atom. The first-order valence-corrected chi connectivity index (χ1v) is 17.3. The fourth-order valence-electron chi connectivity index (χ4n) is 5.07. The summed E-state index contributed by atoms with van der Waals surface area (Å²) < 4.78 is 18.4. The first-order chi connectivity index (χ1) is 18.4. The van der Waals surface area contributed by atoms with Crippen molar-refractivity contribution in [2.45, 2.75) is 135 Å². The predicted molar refractivity (Wildman–Crippen MR) is 155 cm³/mol. The molecule has 2 aliphatic rings. The molecule has 2 amide bonds. The summed E-state index contributed by atoms with van der Waals surface area (Å²) in [6.07, 6.45) is 3.40. The second kappa shape index (κ2) is 12.2. The fourth-order valence-corrected chi connectivity index (χ4v) is 6.49. The maximum absolute atomic E-state index is 13.7. The Balaban J connectivity index is 1.73. The molecule has 1 atom stereocenters. The third-order valence-electron chi connectivity index (χ3n) is 8.23. The smallest absolute Gasteiger partial charge is 0.306 e. The summed E-state index contributed by atoms with van der Waals surface area (Å²) >= 11 is 0. The minimum atomic E-state index is -1.87. The van der Waals surface area contributed by atoms with Crippen LogP contribution in [0.2, 0.25) is 18.1 Å². The molecule has 0 spiro atoms. The lowest BCUT2D eigenvalue weighted by Gasteiger charge is -2.41. The molecule has 1 aromatic rings. The van der Waals surface area contributed by atoms with Gasteiger partial charge in [-0.2, -0.15) is 0 Å². The Labute approximate surface area is 239 Å². The number of carbonyl (C=O) groups excluding carboxylic acids is 3. The standard InChI is InChI=1S/C30H48N2O7Si/c1-29(2,3)38-24(34)16-15-23(27(31)35)32-17-19-9-10-20(18-33)26(25(19)28(32)36)37-21-11-13-22(14-12-21)39-40(7,8)30(4,5)6/h9-10,21-23,33H,11-18H2,1-8H3,(H2,31,35). The van der Waals surface area contributed by atoms with Crippen molar-refractivity contribution in [3.63, 3.8) is 0 Å². The molecule has 3 rings (SSSR count). The first kappa shape index (κ1) is 32.1. The number of esters is 1. The SMILES string of the molecule is CC(C)(C)OC(=O)CCC(C(N)=O)N1Cc2ccc(CO)c(OC3CCC(O[Si](C)(C)C(C)(C)C)CC3)c2C1=O. The number of hydrogen-bond donors (Lipinski definition) is 2. The number of ether oxygens (including phenoxy) is 2. The van der Waals surface area contributed by atoms with E-state index >= 15 is 0 Å². The molecule has 1 saturated carbocycles.